The summed E-state index contributed by atoms with van der Waals surface area (Å²) in [5.74, 6) is 0.388. The van der Waals surface area contributed by atoms with Crippen LogP contribution in [0.5, 0.6) is 5.75 Å². The minimum absolute atomic E-state index is 0.215. The molecule has 2 aromatic rings. The number of ether oxygens (including phenoxy) is 2. The number of nitrogens with zero attached hydrogens (tertiary/aromatic N) is 2. The van der Waals surface area contributed by atoms with Crippen LogP contribution in [0.4, 0.5) is 4.79 Å². The maximum atomic E-state index is 12.2. The van der Waals surface area contributed by atoms with Gasteiger partial charge < -0.3 is 9.47 Å². The molecule has 2 rings (SSSR count). The second kappa shape index (κ2) is 6.39. The molecule has 0 atom stereocenters. The molecule has 0 spiro atoms. The lowest BCUT2D eigenvalue weighted by molar-refractivity contribution is -0.133. The third-order valence-electron chi connectivity index (χ3n) is 2.66. The van der Waals surface area contributed by atoms with Gasteiger partial charge in [0.05, 0.1) is 17.5 Å². The van der Waals surface area contributed by atoms with Crippen LogP contribution in [-0.2, 0) is 9.53 Å². The van der Waals surface area contributed by atoms with E-state index in [1.54, 1.807) is 39.0 Å². The van der Waals surface area contributed by atoms with Gasteiger partial charge in [-0.1, -0.05) is 0 Å². The SMILES string of the molecule is CC(C)(C)OC(=O)n1cnc2ccc(OC(=O)CCS)cc21. The van der Waals surface area contributed by atoms with Crippen LogP contribution in [0.2, 0.25) is 0 Å². The molecule has 22 heavy (non-hydrogen) atoms. The third kappa shape index (κ3) is 4.00. The number of carbonyl (C=O) groups excluding carboxylic acids is 2. The number of rotatable bonds is 3. The van der Waals surface area contributed by atoms with E-state index in [4.69, 9.17) is 9.47 Å². The van der Waals surface area contributed by atoms with Crippen molar-refractivity contribution in [3.8, 4) is 5.75 Å². The number of benzene rings is 1. The highest BCUT2D eigenvalue weighted by Gasteiger charge is 2.20. The van der Waals surface area contributed by atoms with Crippen LogP contribution in [0.3, 0.4) is 0 Å². The Bertz CT molecular complexity index is 703. The molecule has 1 aromatic carbocycles. The molecular weight excluding hydrogens is 304 g/mol. The number of aromatic nitrogens is 2. The zero-order valence-electron chi connectivity index (χ0n) is 12.7. The van der Waals surface area contributed by atoms with E-state index in [0.29, 0.717) is 22.5 Å². The molecule has 0 unspecified atom stereocenters. The molecule has 1 heterocycles. The van der Waals surface area contributed by atoms with Crippen LogP contribution in [0.1, 0.15) is 27.2 Å². The number of carbonyl (C=O) groups is 2. The van der Waals surface area contributed by atoms with E-state index < -0.39 is 11.7 Å². The van der Waals surface area contributed by atoms with E-state index >= 15 is 0 Å². The molecule has 1 aromatic heterocycles. The molecule has 0 radical (unpaired) electrons. The summed E-state index contributed by atoms with van der Waals surface area (Å²) in [4.78, 5) is 27.8. The zero-order chi connectivity index (χ0) is 16.3. The number of hydrogen-bond donors (Lipinski definition) is 1. The molecule has 0 aliphatic rings. The van der Waals surface area contributed by atoms with Gasteiger partial charge in [0, 0.05) is 11.8 Å². The summed E-state index contributed by atoms with van der Waals surface area (Å²) in [6, 6.07) is 4.90. The number of imidazole rings is 1. The molecule has 0 aliphatic heterocycles. The monoisotopic (exact) mass is 322 g/mol. The highest BCUT2D eigenvalue weighted by atomic mass is 32.1. The van der Waals surface area contributed by atoms with Gasteiger partial charge in [-0.25, -0.2) is 14.3 Å². The first-order valence-corrected chi connectivity index (χ1v) is 7.45. The molecular formula is C15H18N2O4S. The molecule has 0 N–H and O–H groups in total. The molecule has 0 saturated heterocycles. The lowest BCUT2D eigenvalue weighted by Crippen LogP contribution is -2.26. The Hall–Kier alpha value is -2.02. The van der Waals surface area contributed by atoms with E-state index in [0.717, 1.165) is 0 Å². The van der Waals surface area contributed by atoms with Gasteiger partial charge in [-0.15, -0.1) is 0 Å². The predicted molar refractivity (Wildman–Crippen MR) is 85.5 cm³/mol. The molecule has 0 saturated carbocycles. The van der Waals surface area contributed by atoms with Crippen LogP contribution in [0, 0.1) is 0 Å². The van der Waals surface area contributed by atoms with E-state index in [1.165, 1.54) is 10.9 Å². The Kier molecular flexibility index (Phi) is 4.75. The van der Waals surface area contributed by atoms with Crippen molar-refractivity contribution in [1.82, 2.24) is 9.55 Å². The van der Waals surface area contributed by atoms with Crippen molar-refractivity contribution in [2.45, 2.75) is 32.8 Å². The smallest absolute Gasteiger partial charge is 0.420 e. The molecule has 0 fully saturated rings. The number of fused-ring (bicyclic) bond motifs is 1. The summed E-state index contributed by atoms with van der Waals surface area (Å²) < 4.78 is 11.8. The van der Waals surface area contributed by atoms with Crippen LogP contribution >= 0.6 is 12.6 Å². The number of esters is 1. The average Bonchev–Trinajstić information content (AvgIpc) is 2.80. The quantitative estimate of drug-likeness (QED) is 0.534. The first-order valence-electron chi connectivity index (χ1n) is 6.82. The van der Waals surface area contributed by atoms with Gasteiger partial charge in [-0.05, 0) is 32.9 Å². The summed E-state index contributed by atoms with van der Waals surface area (Å²) in [6.45, 7) is 5.36. The molecule has 0 aliphatic carbocycles. The summed E-state index contributed by atoms with van der Waals surface area (Å²) in [7, 11) is 0. The maximum absolute atomic E-state index is 12.2. The number of thiol groups is 1. The molecule has 7 heteroatoms. The van der Waals surface area contributed by atoms with Gasteiger partial charge in [0.25, 0.3) is 0 Å². The van der Waals surface area contributed by atoms with Gasteiger partial charge in [0.1, 0.15) is 17.7 Å². The predicted octanol–water partition coefficient (Wildman–Crippen LogP) is 3.04. The van der Waals surface area contributed by atoms with Crippen molar-refractivity contribution in [1.29, 1.82) is 0 Å². The van der Waals surface area contributed by atoms with Crippen molar-refractivity contribution in [3.05, 3.63) is 24.5 Å². The molecule has 0 amide bonds. The Morgan fingerprint density at radius 3 is 2.68 bits per heavy atom. The van der Waals surface area contributed by atoms with E-state index in [2.05, 4.69) is 17.6 Å². The van der Waals surface area contributed by atoms with Gasteiger partial charge in [0.15, 0.2) is 0 Å². The minimum Gasteiger partial charge on any atom is -0.443 e. The van der Waals surface area contributed by atoms with Crippen molar-refractivity contribution < 1.29 is 19.1 Å². The lowest BCUT2D eigenvalue weighted by Gasteiger charge is -2.19. The number of hydrogen-bond acceptors (Lipinski definition) is 6. The minimum atomic E-state index is -0.607. The van der Waals surface area contributed by atoms with E-state index in [-0.39, 0.29) is 12.4 Å². The first-order chi connectivity index (χ1) is 10.3. The fraction of sp³-hybridized carbons (Fsp3) is 0.400. The Morgan fingerprint density at radius 2 is 2.05 bits per heavy atom. The molecule has 118 valence electrons. The van der Waals surface area contributed by atoms with Gasteiger partial charge in [-0.2, -0.15) is 12.6 Å². The molecule has 0 bridgehead atoms. The molecule has 6 nitrogen and oxygen atoms in total. The second-order valence-electron chi connectivity index (χ2n) is 5.69. The summed E-state index contributed by atoms with van der Waals surface area (Å²) >= 11 is 3.98. The van der Waals surface area contributed by atoms with Crippen LogP contribution in [-0.4, -0.2) is 33.0 Å². The normalized spacial score (nSPS) is 11.5. The van der Waals surface area contributed by atoms with Crippen LogP contribution in [0.25, 0.3) is 11.0 Å². The maximum Gasteiger partial charge on any atom is 0.420 e. The van der Waals surface area contributed by atoms with Crippen molar-refractivity contribution in [2.24, 2.45) is 0 Å². The van der Waals surface area contributed by atoms with Crippen LogP contribution in [0.15, 0.2) is 24.5 Å². The van der Waals surface area contributed by atoms with Gasteiger partial charge in [-0.3, -0.25) is 4.79 Å². The summed E-state index contributed by atoms with van der Waals surface area (Å²) in [6.07, 6.45) is 1.07. The fourth-order valence-corrected chi connectivity index (χ4v) is 1.96. The summed E-state index contributed by atoms with van der Waals surface area (Å²) in [5.41, 5.74) is 0.523. The zero-order valence-corrected chi connectivity index (χ0v) is 13.6. The highest BCUT2D eigenvalue weighted by Crippen LogP contribution is 2.21. The Balaban J connectivity index is 2.29. The van der Waals surface area contributed by atoms with Crippen molar-refractivity contribution >= 4 is 35.7 Å². The van der Waals surface area contributed by atoms with Crippen LogP contribution < -0.4 is 4.74 Å². The van der Waals surface area contributed by atoms with Gasteiger partial charge >= 0.3 is 12.1 Å². The van der Waals surface area contributed by atoms with Gasteiger partial charge in [0.2, 0.25) is 0 Å². The standard InChI is InChI=1S/C15H18N2O4S/c1-15(2,3)21-14(19)17-9-16-11-5-4-10(8-12(11)17)20-13(18)6-7-22/h4-5,8-9,22H,6-7H2,1-3H3. The van der Waals surface area contributed by atoms with E-state index in [1.807, 2.05) is 0 Å². The average molecular weight is 322 g/mol. The second-order valence-corrected chi connectivity index (χ2v) is 6.14. The Labute approximate surface area is 133 Å². The summed E-state index contributed by atoms with van der Waals surface area (Å²) in [5, 5.41) is 0. The third-order valence-corrected chi connectivity index (χ3v) is 2.88. The Morgan fingerprint density at radius 1 is 1.32 bits per heavy atom. The largest absolute Gasteiger partial charge is 0.443 e. The highest BCUT2D eigenvalue weighted by molar-refractivity contribution is 7.80. The van der Waals surface area contributed by atoms with E-state index in [9.17, 15) is 9.59 Å². The fourth-order valence-electron chi connectivity index (χ4n) is 1.78. The lowest BCUT2D eigenvalue weighted by atomic mass is 10.2. The topological polar surface area (TPSA) is 70.4 Å². The van der Waals surface area contributed by atoms with Crippen molar-refractivity contribution in [2.75, 3.05) is 5.75 Å². The van der Waals surface area contributed by atoms with Crippen molar-refractivity contribution in [3.63, 3.8) is 0 Å². The first kappa shape index (κ1) is 16.4.